The van der Waals surface area contributed by atoms with Gasteiger partial charge in [-0.1, -0.05) is 37.6 Å². The number of para-hydroxylation sites is 1. The Hall–Kier alpha value is -3.15. The molecule has 5 rings (SSSR count). The van der Waals surface area contributed by atoms with Crippen molar-refractivity contribution in [3.8, 4) is 11.4 Å². The van der Waals surface area contributed by atoms with E-state index in [-0.39, 0.29) is 12.0 Å². The standard InChI is InChI=1S/C26H30N4O2/c1-19(20-7-4-8-20)21-9-5-10-22(17-21)32-23-11-6-16-29(18-23)26(31)24-12-2-3-13-25(24)30-27-14-15-28-30/h2-3,5,9-10,12-15,17,19-20,23H,4,6-8,11,16,18H2,1H3. The molecule has 2 aliphatic rings. The van der Waals surface area contributed by atoms with E-state index in [4.69, 9.17) is 4.74 Å². The summed E-state index contributed by atoms with van der Waals surface area (Å²) in [6.07, 6.45) is 9.14. The summed E-state index contributed by atoms with van der Waals surface area (Å²) in [4.78, 5) is 16.8. The summed E-state index contributed by atoms with van der Waals surface area (Å²) in [5.74, 6) is 2.29. The summed E-state index contributed by atoms with van der Waals surface area (Å²) >= 11 is 0. The van der Waals surface area contributed by atoms with Gasteiger partial charge in [-0.3, -0.25) is 4.79 Å². The van der Waals surface area contributed by atoms with E-state index in [9.17, 15) is 4.79 Å². The maximum Gasteiger partial charge on any atom is 0.256 e. The molecule has 2 aromatic carbocycles. The van der Waals surface area contributed by atoms with Crippen molar-refractivity contribution in [1.82, 2.24) is 19.9 Å². The topological polar surface area (TPSA) is 60.2 Å². The number of carbonyl (C=O) groups excluding carboxylic acids is 1. The van der Waals surface area contributed by atoms with E-state index in [0.29, 0.717) is 23.7 Å². The van der Waals surface area contributed by atoms with Gasteiger partial charge in [-0.05, 0) is 67.3 Å². The number of rotatable bonds is 6. The molecule has 3 aromatic rings. The first kappa shape index (κ1) is 20.7. The quantitative estimate of drug-likeness (QED) is 0.561. The number of carbonyl (C=O) groups is 1. The first-order valence-corrected chi connectivity index (χ1v) is 11.7. The second-order valence-corrected chi connectivity index (χ2v) is 9.02. The van der Waals surface area contributed by atoms with Gasteiger partial charge < -0.3 is 9.64 Å². The van der Waals surface area contributed by atoms with E-state index in [1.807, 2.05) is 35.2 Å². The predicted molar refractivity (Wildman–Crippen MR) is 123 cm³/mol. The Kier molecular flexibility index (Phi) is 5.93. The van der Waals surface area contributed by atoms with Crippen molar-refractivity contribution in [1.29, 1.82) is 0 Å². The molecule has 0 radical (unpaired) electrons. The number of benzene rings is 2. The monoisotopic (exact) mass is 430 g/mol. The Balaban J connectivity index is 1.28. The number of piperidine rings is 1. The number of likely N-dealkylation sites (tertiary alicyclic amines) is 1. The van der Waals surface area contributed by atoms with Crippen molar-refractivity contribution < 1.29 is 9.53 Å². The normalized spacial score (nSPS) is 19.9. The summed E-state index contributed by atoms with van der Waals surface area (Å²) < 4.78 is 6.37. The minimum atomic E-state index is -0.00282. The van der Waals surface area contributed by atoms with Gasteiger partial charge in [0.2, 0.25) is 0 Å². The van der Waals surface area contributed by atoms with Crippen molar-refractivity contribution in [3.05, 3.63) is 72.1 Å². The van der Waals surface area contributed by atoms with Gasteiger partial charge in [0, 0.05) is 6.54 Å². The molecule has 0 N–H and O–H groups in total. The van der Waals surface area contributed by atoms with Crippen LogP contribution in [-0.4, -0.2) is 45.0 Å². The van der Waals surface area contributed by atoms with Crippen LogP contribution in [0.2, 0.25) is 0 Å². The molecule has 1 aliphatic carbocycles. The molecule has 1 amide bonds. The smallest absolute Gasteiger partial charge is 0.256 e. The van der Waals surface area contributed by atoms with Gasteiger partial charge in [-0.25, -0.2) is 0 Å². The Morgan fingerprint density at radius 3 is 2.62 bits per heavy atom. The molecular weight excluding hydrogens is 400 g/mol. The van der Waals surface area contributed by atoms with E-state index < -0.39 is 0 Å². The van der Waals surface area contributed by atoms with Gasteiger partial charge in [-0.15, -0.1) is 0 Å². The van der Waals surface area contributed by atoms with Crippen LogP contribution in [0.4, 0.5) is 0 Å². The van der Waals surface area contributed by atoms with E-state index in [1.54, 1.807) is 12.4 Å². The zero-order valence-electron chi connectivity index (χ0n) is 18.6. The van der Waals surface area contributed by atoms with Crippen LogP contribution in [0, 0.1) is 5.92 Å². The summed E-state index contributed by atoms with van der Waals surface area (Å²) in [6.45, 7) is 3.65. The molecule has 2 heterocycles. The van der Waals surface area contributed by atoms with Crippen LogP contribution in [0.15, 0.2) is 60.9 Å². The maximum absolute atomic E-state index is 13.4. The highest BCUT2D eigenvalue weighted by molar-refractivity contribution is 5.97. The largest absolute Gasteiger partial charge is 0.489 e. The summed E-state index contributed by atoms with van der Waals surface area (Å²) in [5.41, 5.74) is 2.67. The number of hydrogen-bond acceptors (Lipinski definition) is 4. The van der Waals surface area contributed by atoms with Crippen molar-refractivity contribution in [2.24, 2.45) is 5.92 Å². The van der Waals surface area contributed by atoms with Crippen molar-refractivity contribution in [3.63, 3.8) is 0 Å². The zero-order chi connectivity index (χ0) is 21.9. The second kappa shape index (κ2) is 9.15. The highest BCUT2D eigenvalue weighted by atomic mass is 16.5. The first-order chi connectivity index (χ1) is 15.7. The number of hydrogen-bond donors (Lipinski definition) is 0. The van der Waals surface area contributed by atoms with Gasteiger partial charge in [0.25, 0.3) is 5.91 Å². The van der Waals surface area contributed by atoms with Gasteiger partial charge in [0.15, 0.2) is 0 Å². The van der Waals surface area contributed by atoms with Crippen LogP contribution in [0.5, 0.6) is 5.75 Å². The minimum absolute atomic E-state index is 0.00134. The van der Waals surface area contributed by atoms with Crippen LogP contribution in [0.25, 0.3) is 5.69 Å². The number of amides is 1. The fraction of sp³-hybridized carbons (Fsp3) is 0.423. The molecule has 1 saturated heterocycles. The highest BCUT2D eigenvalue weighted by Crippen LogP contribution is 2.39. The average molecular weight is 431 g/mol. The minimum Gasteiger partial charge on any atom is -0.489 e. The number of nitrogens with zero attached hydrogens (tertiary/aromatic N) is 4. The lowest BCUT2D eigenvalue weighted by Crippen LogP contribution is -2.44. The molecule has 2 unspecified atom stereocenters. The third-order valence-electron chi connectivity index (χ3n) is 6.98. The lowest BCUT2D eigenvalue weighted by molar-refractivity contribution is 0.0537. The summed E-state index contributed by atoms with van der Waals surface area (Å²) in [6, 6.07) is 16.0. The summed E-state index contributed by atoms with van der Waals surface area (Å²) in [7, 11) is 0. The Bertz CT molecular complexity index is 1060. The van der Waals surface area contributed by atoms with Crippen LogP contribution >= 0.6 is 0 Å². The molecular formula is C26H30N4O2. The molecule has 2 atom stereocenters. The lowest BCUT2D eigenvalue weighted by atomic mass is 9.74. The zero-order valence-corrected chi connectivity index (χ0v) is 18.6. The van der Waals surface area contributed by atoms with Gasteiger partial charge in [0.05, 0.1) is 30.2 Å². The third-order valence-corrected chi connectivity index (χ3v) is 6.98. The Morgan fingerprint density at radius 1 is 1.03 bits per heavy atom. The molecule has 1 aliphatic heterocycles. The second-order valence-electron chi connectivity index (χ2n) is 9.02. The van der Waals surface area contributed by atoms with Crippen LogP contribution in [0.3, 0.4) is 0 Å². The van der Waals surface area contributed by atoms with E-state index in [2.05, 4.69) is 35.3 Å². The van der Waals surface area contributed by atoms with Gasteiger partial charge in [-0.2, -0.15) is 15.0 Å². The maximum atomic E-state index is 13.4. The fourth-order valence-corrected chi connectivity index (χ4v) is 4.83. The third kappa shape index (κ3) is 4.27. The molecule has 1 saturated carbocycles. The summed E-state index contributed by atoms with van der Waals surface area (Å²) in [5, 5.41) is 8.40. The Labute approximate surface area is 189 Å². The van der Waals surface area contributed by atoms with Crippen LogP contribution < -0.4 is 4.74 Å². The number of aromatic nitrogens is 3. The van der Waals surface area contributed by atoms with E-state index in [0.717, 1.165) is 31.1 Å². The van der Waals surface area contributed by atoms with Crippen molar-refractivity contribution >= 4 is 5.91 Å². The van der Waals surface area contributed by atoms with Crippen LogP contribution in [0.1, 0.15) is 60.9 Å². The fourth-order valence-electron chi connectivity index (χ4n) is 4.83. The molecule has 2 fully saturated rings. The lowest BCUT2D eigenvalue weighted by Gasteiger charge is -2.34. The van der Waals surface area contributed by atoms with Gasteiger partial charge >= 0.3 is 0 Å². The van der Waals surface area contributed by atoms with Gasteiger partial charge in [0.1, 0.15) is 11.9 Å². The Morgan fingerprint density at radius 2 is 1.84 bits per heavy atom. The molecule has 6 heteroatoms. The first-order valence-electron chi connectivity index (χ1n) is 11.7. The number of ether oxygens (including phenoxy) is 1. The molecule has 0 spiro atoms. The van der Waals surface area contributed by atoms with E-state index >= 15 is 0 Å². The molecule has 0 bridgehead atoms. The van der Waals surface area contributed by atoms with Crippen LogP contribution in [-0.2, 0) is 0 Å². The van der Waals surface area contributed by atoms with E-state index in [1.165, 1.54) is 29.6 Å². The molecule has 1 aromatic heterocycles. The SMILES string of the molecule is CC(c1cccc(OC2CCCN(C(=O)c3ccccc3-n3nccn3)C2)c1)C1CCC1. The molecule has 6 nitrogen and oxygen atoms in total. The predicted octanol–water partition coefficient (Wildman–Crippen LogP) is 4.85. The van der Waals surface area contributed by atoms with Crippen molar-refractivity contribution in [2.75, 3.05) is 13.1 Å². The molecule has 32 heavy (non-hydrogen) atoms. The molecule has 166 valence electrons. The van der Waals surface area contributed by atoms with Crippen molar-refractivity contribution in [2.45, 2.75) is 51.0 Å². The average Bonchev–Trinajstić information content (AvgIpc) is 3.33. The highest BCUT2D eigenvalue weighted by Gasteiger charge is 2.28.